The number of phenols is 1. The van der Waals surface area contributed by atoms with Crippen LogP contribution in [0.3, 0.4) is 0 Å². The number of carbonyl (C=O) groups excluding carboxylic acids is 1. The predicted molar refractivity (Wildman–Crippen MR) is 90.7 cm³/mol. The van der Waals surface area contributed by atoms with Crippen molar-refractivity contribution in [3.05, 3.63) is 29.8 Å². The van der Waals surface area contributed by atoms with Crippen LogP contribution in [0.4, 0.5) is 4.79 Å². The van der Waals surface area contributed by atoms with E-state index >= 15 is 0 Å². The van der Waals surface area contributed by atoms with Crippen LogP contribution in [0.1, 0.15) is 45.1 Å². The Balaban J connectivity index is 2.03. The molecule has 1 saturated carbocycles. The van der Waals surface area contributed by atoms with Gasteiger partial charge in [-0.1, -0.05) is 26.0 Å². The topological polar surface area (TPSA) is 89.9 Å². The summed E-state index contributed by atoms with van der Waals surface area (Å²) < 4.78 is 0. The van der Waals surface area contributed by atoms with Crippen LogP contribution in [-0.2, 0) is 11.3 Å². The number of benzene rings is 1. The zero-order valence-electron chi connectivity index (χ0n) is 14.2. The van der Waals surface area contributed by atoms with E-state index in [1.54, 1.807) is 23.1 Å². The molecule has 6 heteroatoms. The summed E-state index contributed by atoms with van der Waals surface area (Å²) in [5.74, 6) is -0.436. The van der Waals surface area contributed by atoms with E-state index in [0.29, 0.717) is 18.9 Å². The molecule has 1 aromatic rings. The van der Waals surface area contributed by atoms with Gasteiger partial charge in [0, 0.05) is 18.6 Å². The van der Waals surface area contributed by atoms with Crippen LogP contribution in [0.15, 0.2) is 24.3 Å². The fourth-order valence-electron chi connectivity index (χ4n) is 2.84. The summed E-state index contributed by atoms with van der Waals surface area (Å²) in [6.07, 6.45) is 2.47. The van der Waals surface area contributed by atoms with Crippen molar-refractivity contribution in [2.75, 3.05) is 0 Å². The molecule has 132 valence electrons. The number of nitrogens with one attached hydrogen (secondary N) is 1. The molecule has 0 saturated heterocycles. The molecule has 1 fully saturated rings. The van der Waals surface area contributed by atoms with Crippen LogP contribution in [0, 0.1) is 5.92 Å². The molecule has 0 spiro atoms. The van der Waals surface area contributed by atoms with Gasteiger partial charge in [-0.15, -0.1) is 0 Å². The smallest absolute Gasteiger partial charge is 0.318 e. The molecule has 1 aliphatic rings. The Kier molecular flexibility index (Phi) is 6.06. The van der Waals surface area contributed by atoms with E-state index in [4.69, 9.17) is 5.11 Å². The summed E-state index contributed by atoms with van der Waals surface area (Å²) in [6, 6.07) is 6.44. The third-order valence-corrected chi connectivity index (χ3v) is 4.02. The lowest BCUT2D eigenvalue weighted by Crippen LogP contribution is -2.46. The molecule has 2 rings (SSSR count). The number of carboxylic acid groups (broad SMARTS) is 1. The molecular formula is C18H26N2O4. The number of amides is 2. The first-order valence-electron chi connectivity index (χ1n) is 8.42. The van der Waals surface area contributed by atoms with E-state index in [0.717, 1.165) is 18.4 Å². The fraction of sp³-hybridized carbons (Fsp3) is 0.556. The number of phenolic OH excluding ortho intramolecular Hbond substituents is 1. The summed E-state index contributed by atoms with van der Waals surface area (Å²) in [5.41, 5.74) is 0.857. The second-order valence-corrected chi connectivity index (χ2v) is 6.90. The number of aromatic hydroxyl groups is 1. The molecule has 24 heavy (non-hydrogen) atoms. The molecular weight excluding hydrogens is 308 g/mol. The van der Waals surface area contributed by atoms with Gasteiger partial charge >= 0.3 is 12.0 Å². The molecule has 3 N–H and O–H groups in total. The minimum Gasteiger partial charge on any atom is -0.508 e. The zero-order valence-corrected chi connectivity index (χ0v) is 14.2. The van der Waals surface area contributed by atoms with Crippen LogP contribution in [-0.4, -0.2) is 39.2 Å². The van der Waals surface area contributed by atoms with Crippen molar-refractivity contribution in [1.82, 2.24) is 10.2 Å². The van der Waals surface area contributed by atoms with E-state index in [1.807, 2.05) is 19.9 Å². The van der Waals surface area contributed by atoms with Gasteiger partial charge in [-0.25, -0.2) is 4.79 Å². The largest absolute Gasteiger partial charge is 0.508 e. The van der Waals surface area contributed by atoms with Crippen molar-refractivity contribution < 1.29 is 19.8 Å². The van der Waals surface area contributed by atoms with Gasteiger partial charge in [0.05, 0.1) is 6.42 Å². The molecule has 0 bridgehead atoms. The normalized spacial score (nSPS) is 15.1. The molecule has 1 aliphatic carbocycles. The second-order valence-electron chi connectivity index (χ2n) is 6.90. The summed E-state index contributed by atoms with van der Waals surface area (Å²) in [7, 11) is 0. The van der Waals surface area contributed by atoms with Crippen LogP contribution < -0.4 is 5.32 Å². The quantitative estimate of drug-likeness (QED) is 0.682. The summed E-state index contributed by atoms with van der Waals surface area (Å²) >= 11 is 0. The number of carbonyl (C=O) groups is 2. The van der Waals surface area contributed by atoms with Gasteiger partial charge in [0.15, 0.2) is 0 Å². The molecule has 1 aromatic carbocycles. The van der Waals surface area contributed by atoms with Crippen LogP contribution >= 0.6 is 0 Å². The van der Waals surface area contributed by atoms with Gasteiger partial charge in [0.1, 0.15) is 5.75 Å². The van der Waals surface area contributed by atoms with E-state index < -0.39 is 5.97 Å². The maximum absolute atomic E-state index is 12.6. The number of carboxylic acids is 1. The molecule has 6 nitrogen and oxygen atoms in total. The molecule has 0 unspecified atom stereocenters. The highest BCUT2D eigenvalue weighted by Crippen LogP contribution is 2.29. The van der Waals surface area contributed by atoms with Crippen molar-refractivity contribution in [3.63, 3.8) is 0 Å². The molecule has 0 aliphatic heterocycles. The first-order chi connectivity index (χ1) is 11.3. The Bertz CT molecular complexity index is 584. The van der Waals surface area contributed by atoms with Crippen LogP contribution in [0.25, 0.3) is 0 Å². The number of rotatable bonds is 8. The molecule has 0 heterocycles. The van der Waals surface area contributed by atoms with E-state index in [2.05, 4.69) is 5.32 Å². The Morgan fingerprint density at radius 1 is 1.33 bits per heavy atom. The lowest BCUT2D eigenvalue weighted by Gasteiger charge is -2.27. The zero-order chi connectivity index (χ0) is 17.7. The molecule has 0 radical (unpaired) electrons. The maximum Gasteiger partial charge on any atom is 0.318 e. The average Bonchev–Trinajstić information content (AvgIpc) is 3.27. The van der Waals surface area contributed by atoms with E-state index in [9.17, 15) is 14.7 Å². The number of nitrogens with zero attached hydrogens (tertiary/aromatic N) is 1. The monoisotopic (exact) mass is 334 g/mol. The van der Waals surface area contributed by atoms with Gasteiger partial charge in [0.25, 0.3) is 0 Å². The van der Waals surface area contributed by atoms with Crippen LogP contribution in [0.2, 0.25) is 0 Å². The van der Waals surface area contributed by atoms with Crippen molar-refractivity contribution in [2.45, 2.75) is 58.2 Å². The lowest BCUT2D eigenvalue weighted by molar-refractivity contribution is -0.137. The third kappa shape index (κ3) is 5.76. The lowest BCUT2D eigenvalue weighted by atomic mass is 10.0. The van der Waals surface area contributed by atoms with Gasteiger partial charge in [-0.3, -0.25) is 4.79 Å². The van der Waals surface area contributed by atoms with Crippen molar-refractivity contribution in [3.8, 4) is 5.75 Å². The minimum absolute atomic E-state index is 0.0748. The summed E-state index contributed by atoms with van der Waals surface area (Å²) in [5, 5.41) is 21.5. The van der Waals surface area contributed by atoms with Gasteiger partial charge in [-0.05, 0) is 42.9 Å². The number of aliphatic carboxylic acids is 1. The predicted octanol–water partition coefficient (Wildman–Crippen LogP) is 2.96. The Morgan fingerprint density at radius 3 is 2.58 bits per heavy atom. The number of hydrogen-bond acceptors (Lipinski definition) is 3. The number of hydrogen-bond donors (Lipinski definition) is 3. The summed E-state index contributed by atoms with van der Waals surface area (Å²) in [4.78, 5) is 25.4. The van der Waals surface area contributed by atoms with Gasteiger partial charge in [-0.2, -0.15) is 0 Å². The second kappa shape index (κ2) is 8.04. The molecule has 1 atom stereocenters. The van der Waals surface area contributed by atoms with Crippen molar-refractivity contribution in [1.29, 1.82) is 0 Å². The van der Waals surface area contributed by atoms with Gasteiger partial charge in [0.2, 0.25) is 0 Å². The highest BCUT2D eigenvalue weighted by atomic mass is 16.4. The average molecular weight is 334 g/mol. The van der Waals surface area contributed by atoms with Crippen molar-refractivity contribution in [2.24, 2.45) is 5.92 Å². The molecule has 0 aromatic heterocycles. The Morgan fingerprint density at radius 2 is 2.04 bits per heavy atom. The first kappa shape index (κ1) is 18.1. The van der Waals surface area contributed by atoms with Crippen molar-refractivity contribution >= 4 is 12.0 Å². The summed E-state index contributed by atoms with van der Waals surface area (Å²) in [6.45, 7) is 4.42. The minimum atomic E-state index is -0.910. The Labute approximate surface area is 142 Å². The van der Waals surface area contributed by atoms with Crippen LogP contribution in [0.5, 0.6) is 5.75 Å². The number of urea groups is 1. The SMILES string of the molecule is CC(C)C[C@H](CC(=O)O)NC(=O)N(Cc1cccc(O)c1)C1CC1. The van der Waals surface area contributed by atoms with E-state index in [-0.39, 0.29) is 30.3 Å². The van der Waals surface area contributed by atoms with E-state index in [1.165, 1.54) is 0 Å². The fourth-order valence-corrected chi connectivity index (χ4v) is 2.84. The highest BCUT2D eigenvalue weighted by Gasteiger charge is 2.33. The first-order valence-corrected chi connectivity index (χ1v) is 8.42. The standard InChI is InChI=1S/C18H26N2O4/c1-12(2)8-14(10-17(22)23)19-18(24)20(15-6-7-15)11-13-4-3-5-16(21)9-13/h3-5,9,12,14-15,21H,6-8,10-11H2,1-2H3,(H,19,24)(H,22,23)/t14-/m1/s1. The Hall–Kier alpha value is -2.24. The van der Waals surface area contributed by atoms with Gasteiger partial charge < -0.3 is 20.4 Å². The highest BCUT2D eigenvalue weighted by molar-refractivity contribution is 5.76. The molecule has 2 amide bonds. The maximum atomic E-state index is 12.6. The third-order valence-electron chi connectivity index (χ3n) is 4.02.